The lowest BCUT2D eigenvalue weighted by Gasteiger charge is -2.33. The molecule has 0 aromatic rings. The van der Waals surface area contributed by atoms with Crippen LogP contribution in [-0.2, 0) is 0 Å². The van der Waals surface area contributed by atoms with Gasteiger partial charge in [-0.05, 0) is 49.4 Å². The maximum Gasteiger partial charge on any atom is -0.0412 e. The number of hydrogen-bond donors (Lipinski definition) is 0. The molecule has 0 nitrogen and oxygen atoms in total. The molecule has 104 valence electrons. The molecule has 1 aliphatic rings. The minimum atomic E-state index is 0. The van der Waals surface area contributed by atoms with Gasteiger partial charge in [0.2, 0.25) is 0 Å². The van der Waals surface area contributed by atoms with Crippen molar-refractivity contribution in [3.63, 3.8) is 0 Å². The van der Waals surface area contributed by atoms with Gasteiger partial charge in [0, 0.05) is 0 Å². The highest BCUT2D eigenvalue weighted by Gasteiger charge is 2.25. The number of rotatable bonds is 4. The van der Waals surface area contributed by atoms with Crippen molar-refractivity contribution in [1.29, 1.82) is 0 Å². The second-order valence-electron chi connectivity index (χ2n) is 6.04. The molecule has 0 amide bonds. The van der Waals surface area contributed by atoms with Crippen LogP contribution in [0, 0.1) is 23.7 Å². The zero-order valence-electron chi connectivity index (χ0n) is 12.0. The van der Waals surface area contributed by atoms with Crippen molar-refractivity contribution < 1.29 is 0 Å². The van der Waals surface area contributed by atoms with Gasteiger partial charge < -0.3 is 0 Å². The predicted molar refractivity (Wildman–Crippen MR) is 80.3 cm³/mol. The van der Waals surface area contributed by atoms with Gasteiger partial charge in [-0.25, -0.2) is 0 Å². The summed E-state index contributed by atoms with van der Waals surface area (Å²) in [4.78, 5) is 0. The first-order valence-electron chi connectivity index (χ1n) is 7.73. The molecule has 0 aliphatic heterocycles. The Morgan fingerprint density at radius 1 is 0.529 bits per heavy atom. The fraction of sp³-hybridized carbons (Fsp3) is 1.00. The second-order valence-corrected chi connectivity index (χ2v) is 6.04. The minimum absolute atomic E-state index is 0. The first-order valence-corrected chi connectivity index (χ1v) is 7.73. The molecule has 1 rings (SSSR count). The molecule has 0 bridgehead atoms. The summed E-state index contributed by atoms with van der Waals surface area (Å²) in [5.74, 6) is 4.08. The molecule has 17 heavy (non-hydrogen) atoms. The van der Waals surface area contributed by atoms with Crippen LogP contribution in [0.15, 0.2) is 0 Å². The number of hydrogen-bond acceptors (Lipinski definition) is 0. The molecule has 0 atom stereocenters. The van der Waals surface area contributed by atoms with Crippen LogP contribution in [0.2, 0.25) is 0 Å². The molecule has 0 heterocycles. The van der Waals surface area contributed by atoms with E-state index < -0.39 is 0 Å². The van der Waals surface area contributed by atoms with E-state index in [4.69, 9.17) is 0 Å². The van der Waals surface area contributed by atoms with Crippen molar-refractivity contribution in [1.82, 2.24) is 0 Å². The standard InChI is InChI=1S/C16H32.CH4/c1-5-13-9-14(6-2)11-16(8-4)12-15(7-3)10-13;/h13-16H,5-12H2,1-4H3;1H4. The molecule has 0 radical (unpaired) electrons. The van der Waals surface area contributed by atoms with Crippen LogP contribution >= 0.6 is 0 Å². The largest absolute Gasteiger partial charge is 0.0776 e. The first kappa shape index (κ1) is 17.0. The van der Waals surface area contributed by atoms with Gasteiger partial charge >= 0.3 is 0 Å². The fourth-order valence-corrected chi connectivity index (χ4v) is 3.60. The Labute approximate surface area is 111 Å². The van der Waals surface area contributed by atoms with Crippen molar-refractivity contribution in [3.05, 3.63) is 0 Å². The van der Waals surface area contributed by atoms with Crippen LogP contribution in [0.5, 0.6) is 0 Å². The summed E-state index contributed by atoms with van der Waals surface area (Å²) < 4.78 is 0. The smallest absolute Gasteiger partial charge is 0.0412 e. The van der Waals surface area contributed by atoms with E-state index in [2.05, 4.69) is 27.7 Å². The van der Waals surface area contributed by atoms with Gasteiger partial charge in [-0.2, -0.15) is 0 Å². The lowest BCUT2D eigenvalue weighted by atomic mass is 9.72. The molecular formula is C17H36. The van der Waals surface area contributed by atoms with Crippen molar-refractivity contribution >= 4 is 0 Å². The Kier molecular flexibility index (Phi) is 9.00. The summed E-state index contributed by atoms with van der Waals surface area (Å²) in [6.07, 6.45) is 11.7. The topological polar surface area (TPSA) is 0 Å². The van der Waals surface area contributed by atoms with Crippen molar-refractivity contribution in [2.24, 2.45) is 23.7 Å². The van der Waals surface area contributed by atoms with Gasteiger partial charge in [-0.1, -0.05) is 60.8 Å². The van der Waals surface area contributed by atoms with E-state index in [-0.39, 0.29) is 7.43 Å². The highest BCUT2D eigenvalue weighted by molar-refractivity contribution is 4.77. The van der Waals surface area contributed by atoms with Gasteiger partial charge in [0.05, 0.1) is 0 Å². The molecule has 1 aliphatic carbocycles. The Morgan fingerprint density at radius 2 is 0.706 bits per heavy atom. The van der Waals surface area contributed by atoms with Crippen LogP contribution in [0.3, 0.4) is 0 Å². The summed E-state index contributed by atoms with van der Waals surface area (Å²) in [6, 6.07) is 0. The molecule has 0 N–H and O–H groups in total. The second kappa shape index (κ2) is 9.00. The monoisotopic (exact) mass is 240 g/mol. The highest BCUT2D eigenvalue weighted by Crippen LogP contribution is 2.38. The maximum absolute atomic E-state index is 2.39. The predicted octanol–water partition coefficient (Wildman–Crippen LogP) is 6.30. The third-order valence-corrected chi connectivity index (χ3v) is 4.98. The van der Waals surface area contributed by atoms with Gasteiger partial charge in [0.25, 0.3) is 0 Å². The SMILES string of the molecule is C.CCC1CC(CC)CC(CC)CC(CC)C1. The van der Waals surface area contributed by atoms with Crippen molar-refractivity contribution in [2.75, 3.05) is 0 Å². The molecular weight excluding hydrogens is 204 g/mol. The zero-order chi connectivity index (χ0) is 12.0. The minimum Gasteiger partial charge on any atom is -0.0776 e. The van der Waals surface area contributed by atoms with E-state index in [9.17, 15) is 0 Å². The molecule has 1 fully saturated rings. The molecule has 0 aromatic carbocycles. The van der Waals surface area contributed by atoms with Crippen LogP contribution in [0.4, 0.5) is 0 Å². The van der Waals surface area contributed by atoms with Gasteiger partial charge in [-0.15, -0.1) is 0 Å². The average Bonchev–Trinajstić information content (AvgIpc) is 2.29. The average molecular weight is 240 g/mol. The maximum atomic E-state index is 2.39. The van der Waals surface area contributed by atoms with Crippen LogP contribution < -0.4 is 0 Å². The van der Waals surface area contributed by atoms with Crippen LogP contribution in [-0.4, -0.2) is 0 Å². The van der Waals surface area contributed by atoms with Crippen LogP contribution in [0.25, 0.3) is 0 Å². The summed E-state index contributed by atoms with van der Waals surface area (Å²) in [5.41, 5.74) is 0. The van der Waals surface area contributed by atoms with Gasteiger partial charge in [0.15, 0.2) is 0 Å². The molecule has 0 saturated heterocycles. The van der Waals surface area contributed by atoms with E-state index in [1.807, 2.05) is 0 Å². The van der Waals surface area contributed by atoms with E-state index in [1.165, 1.54) is 51.4 Å². The van der Waals surface area contributed by atoms with E-state index in [1.54, 1.807) is 0 Å². The Bertz CT molecular complexity index is 125. The normalized spacial score (nSPS) is 34.6. The molecule has 0 aromatic heterocycles. The van der Waals surface area contributed by atoms with Crippen molar-refractivity contribution in [2.45, 2.75) is 86.5 Å². The summed E-state index contributed by atoms with van der Waals surface area (Å²) >= 11 is 0. The van der Waals surface area contributed by atoms with E-state index in [0.717, 1.165) is 23.7 Å². The zero-order valence-corrected chi connectivity index (χ0v) is 12.0. The first-order chi connectivity index (χ1) is 7.73. The molecule has 0 heteroatoms. The quantitative estimate of drug-likeness (QED) is 0.541. The van der Waals surface area contributed by atoms with E-state index >= 15 is 0 Å². The van der Waals surface area contributed by atoms with Crippen LogP contribution in [0.1, 0.15) is 86.5 Å². The fourth-order valence-electron chi connectivity index (χ4n) is 3.60. The van der Waals surface area contributed by atoms with Gasteiger partial charge in [-0.3, -0.25) is 0 Å². The Morgan fingerprint density at radius 3 is 0.824 bits per heavy atom. The summed E-state index contributed by atoms with van der Waals surface area (Å²) in [5, 5.41) is 0. The van der Waals surface area contributed by atoms with Crippen molar-refractivity contribution in [3.8, 4) is 0 Å². The lowest BCUT2D eigenvalue weighted by molar-refractivity contribution is 0.183. The Hall–Kier alpha value is 0. The third kappa shape index (κ3) is 5.44. The lowest BCUT2D eigenvalue weighted by Crippen LogP contribution is -2.21. The highest BCUT2D eigenvalue weighted by atomic mass is 14.3. The molecule has 0 unspecified atom stereocenters. The summed E-state index contributed by atoms with van der Waals surface area (Å²) in [6.45, 7) is 9.57. The molecule has 1 saturated carbocycles. The molecule has 0 spiro atoms. The Balaban J connectivity index is 0.00000256. The summed E-state index contributed by atoms with van der Waals surface area (Å²) in [7, 11) is 0. The van der Waals surface area contributed by atoms with Gasteiger partial charge in [0.1, 0.15) is 0 Å². The third-order valence-electron chi connectivity index (χ3n) is 4.98. The van der Waals surface area contributed by atoms with E-state index in [0.29, 0.717) is 0 Å².